The SMILES string of the molecule is O=C1C[C@H](C(=O)N2CCN(Cc3ccccc3)CC2)C(c2ccc([N+](=O)[O-])cc2)O1. The highest BCUT2D eigenvalue weighted by Crippen LogP contribution is 2.37. The lowest BCUT2D eigenvalue weighted by molar-refractivity contribution is -0.384. The number of cyclic esters (lactones) is 1. The summed E-state index contributed by atoms with van der Waals surface area (Å²) < 4.78 is 5.41. The molecule has 156 valence electrons. The van der Waals surface area contributed by atoms with Gasteiger partial charge in [0.25, 0.3) is 5.69 Å². The van der Waals surface area contributed by atoms with Gasteiger partial charge >= 0.3 is 5.97 Å². The molecule has 8 heteroatoms. The summed E-state index contributed by atoms with van der Waals surface area (Å²) in [7, 11) is 0. The van der Waals surface area contributed by atoms with E-state index in [0.717, 1.165) is 19.6 Å². The molecule has 2 aromatic rings. The van der Waals surface area contributed by atoms with Crippen molar-refractivity contribution in [2.75, 3.05) is 26.2 Å². The minimum atomic E-state index is -0.701. The Bertz CT molecular complexity index is 924. The van der Waals surface area contributed by atoms with Crippen LogP contribution in [0.1, 0.15) is 23.7 Å². The van der Waals surface area contributed by atoms with E-state index in [1.165, 1.54) is 17.7 Å². The lowest BCUT2D eigenvalue weighted by Crippen LogP contribution is -2.50. The van der Waals surface area contributed by atoms with Crippen LogP contribution in [-0.4, -0.2) is 52.8 Å². The van der Waals surface area contributed by atoms with Crippen LogP contribution in [0.2, 0.25) is 0 Å². The summed E-state index contributed by atoms with van der Waals surface area (Å²) >= 11 is 0. The number of benzene rings is 2. The van der Waals surface area contributed by atoms with Crippen molar-refractivity contribution in [3.63, 3.8) is 0 Å². The van der Waals surface area contributed by atoms with E-state index in [1.54, 1.807) is 17.0 Å². The fourth-order valence-corrected chi connectivity index (χ4v) is 4.06. The number of rotatable bonds is 5. The lowest BCUT2D eigenvalue weighted by Gasteiger charge is -2.36. The van der Waals surface area contributed by atoms with Crippen LogP contribution >= 0.6 is 0 Å². The molecule has 0 spiro atoms. The van der Waals surface area contributed by atoms with Gasteiger partial charge in [0.05, 0.1) is 17.3 Å². The Morgan fingerprint density at radius 1 is 1.03 bits per heavy atom. The van der Waals surface area contributed by atoms with Crippen LogP contribution in [0.15, 0.2) is 54.6 Å². The molecule has 0 bridgehead atoms. The molecule has 2 aromatic carbocycles. The molecular formula is C22H23N3O5. The number of nitro groups is 1. The molecule has 2 aliphatic heterocycles. The number of hydrogen-bond acceptors (Lipinski definition) is 6. The van der Waals surface area contributed by atoms with Crippen LogP contribution < -0.4 is 0 Å². The van der Waals surface area contributed by atoms with E-state index < -0.39 is 22.9 Å². The first-order valence-corrected chi connectivity index (χ1v) is 10.00. The van der Waals surface area contributed by atoms with Gasteiger partial charge in [-0.2, -0.15) is 0 Å². The maximum Gasteiger partial charge on any atom is 0.307 e. The Morgan fingerprint density at radius 3 is 2.33 bits per heavy atom. The maximum absolute atomic E-state index is 13.1. The Morgan fingerprint density at radius 2 is 1.70 bits per heavy atom. The van der Waals surface area contributed by atoms with Crippen molar-refractivity contribution < 1.29 is 19.2 Å². The zero-order chi connectivity index (χ0) is 21.1. The van der Waals surface area contributed by atoms with Gasteiger partial charge in [0.15, 0.2) is 0 Å². The molecule has 0 aliphatic carbocycles. The van der Waals surface area contributed by atoms with Crippen LogP contribution in [0.25, 0.3) is 0 Å². The smallest absolute Gasteiger partial charge is 0.307 e. The number of nitro benzene ring substituents is 1. The molecule has 2 saturated heterocycles. The van der Waals surface area contributed by atoms with E-state index in [-0.39, 0.29) is 18.0 Å². The fourth-order valence-electron chi connectivity index (χ4n) is 4.06. The average molecular weight is 409 g/mol. The van der Waals surface area contributed by atoms with E-state index in [1.807, 2.05) is 18.2 Å². The summed E-state index contributed by atoms with van der Waals surface area (Å²) in [5.74, 6) is -1.11. The van der Waals surface area contributed by atoms with Gasteiger partial charge < -0.3 is 9.64 Å². The van der Waals surface area contributed by atoms with Gasteiger partial charge in [-0.1, -0.05) is 30.3 Å². The number of hydrogen-bond donors (Lipinski definition) is 0. The Kier molecular flexibility index (Phi) is 5.76. The second kappa shape index (κ2) is 8.62. The number of carbonyl (C=O) groups excluding carboxylic acids is 2. The van der Waals surface area contributed by atoms with Crippen molar-refractivity contribution in [1.82, 2.24) is 9.80 Å². The predicted molar refractivity (Wildman–Crippen MR) is 108 cm³/mol. The molecule has 0 aromatic heterocycles. The van der Waals surface area contributed by atoms with E-state index in [2.05, 4.69) is 17.0 Å². The summed E-state index contributed by atoms with van der Waals surface area (Å²) in [6.45, 7) is 3.58. The highest BCUT2D eigenvalue weighted by molar-refractivity contribution is 5.87. The standard InChI is InChI=1S/C22H23N3O5/c26-20-14-19(21(30-20)17-6-8-18(9-7-17)25(28)29)22(27)24-12-10-23(11-13-24)15-16-4-2-1-3-5-16/h1-9,19,21H,10-15H2/t19-,21?/m0/s1. The molecule has 0 saturated carbocycles. The topological polar surface area (TPSA) is 93.0 Å². The van der Waals surface area contributed by atoms with Crippen molar-refractivity contribution in [2.24, 2.45) is 5.92 Å². The molecule has 2 atom stereocenters. The van der Waals surface area contributed by atoms with Crippen LogP contribution in [0.5, 0.6) is 0 Å². The third-order valence-corrected chi connectivity index (χ3v) is 5.69. The van der Waals surface area contributed by atoms with Crippen LogP contribution in [0, 0.1) is 16.0 Å². The number of ether oxygens (including phenoxy) is 1. The molecule has 1 amide bonds. The molecule has 0 radical (unpaired) electrons. The predicted octanol–water partition coefficient (Wildman–Crippen LogP) is 2.54. The van der Waals surface area contributed by atoms with Gasteiger partial charge in [0.1, 0.15) is 6.10 Å². The van der Waals surface area contributed by atoms with Gasteiger partial charge in [-0.3, -0.25) is 24.6 Å². The third-order valence-electron chi connectivity index (χ3n) is 5.69. The second-order valence-corrected chi connectivity index (χ2v) is 7.66. The first-order chi connectivity index (χ1) is 14.5. The van der Waals surface area contributed by atoms with Crippen LogP contribution in [0.4, 0.5) is 5.69 Å². The minimum Gasteiger partial charge on any atom is -0.457 e. The zero-order valence-corrected chi connectivity index (χ0v) is 16.5. The van der Waals surface area contributed by atoms with Gasteiger partial charge in [-0.05, 0) is 23.3 Å². The van der Waals surface area contributed by atoms with E-state index >= 15 is 0 Å². The average Bonchev–Trinajstić information content (AvgIpc) is 3.16. The van der Waals surface area contributed by atoms with Crippen molar-refractivity contribution in [2.45, 2.75) is 19.1 Å². The molecule has 1 unspecified atom stereocenters. The van der Waals surface area contributed by atoms with Crippen LogP contribution in [0.3, 0.4) is 0 Å². The summed E-state index contributed by atoms with van der Waals surface area (Å²) in [6.07, 6.45) is -0.668. The van der Waals surface area contributed by atoms with Crippen molar-refractivity contribution >= 4 is 17.6 Å². The van der Waals surface area contributed by atoms with E-state index in [9.17, 15) is 19.7 Å². The summed E-state index contributed by atoms with van der Waals surface area (Å²) in [5, 5.41) is 10.9. The number of non-ortho nitro benzene ring substituents is 1. The molecule has 30 heavy (non-hydrogen) atoms. The highest BCUT2D eigenvalue weighted by atomic mass is 16.6. The zero-order valence-electron chi connectivity index (χ0n) is 16.5. The molecule has 8 nitrogen and oxygen atoms in total. The second-order valence-electron chi connectivity index (χ2n) is 7.66. The van der Waals surface area contributed by atoms with Gasteiger partial charge in [-0.15, -0.1) is 0 Å². The summed E-state index contributed by atoms with van der Waals surface area (Å²) in [5.41, 5.74) is 1.80. The van der Waals surface area contributed by atoms with Crippen molar-refractivity contribution in [1.29, 1.82) is 0 Å². The van der Waals surface area contributed by atoms with Gasteiger partial charge in [-0.25, -0.2) is 0 Å². The van der Waals surface area contributed by atoms with Gasteiger partial charge in [0.2, 0.25) is 5.91 Å². The monoisotopic (exact) mass is 409 g/mol. The van der Waals surface area contributed by atoms with E-state index in [4.69, 9.17) is 4.74 Å². The third kappa shape index (κ3) is 4.33. The number of amides is 1. The summed E-state index contributed by atoms with van der Waals surface area (Å²) in [4.78, 5) is 39.6. The first-order valence-electron chi connectivity index (χ1n) is 10.00. The molecule has 2 heterocycles. The maximum atomic E-state index is 13.1. The number of nitrogens with zero attached hydrogens (tertiary/aromatic N) is 3. The Hall–Kier alpha value is -3.26. The highest BCUT2D eigenvalue weighted by Gasteiger charge is 2.43. The van der Waals surface area contributed by atoms with Crippen molar-refractivity contribution in [3.8, 4) is 0 Å². The quantitative estimate of drug-likeness (QED) is 0.428. The molecule has 0 N–H and O–H groups in total. The first kappa shape index (κ1) is 20.0. The molecule has 4 rings (SSSR count). The summed E-state index contributed by atoms with van der Waals surface area (Å²) in [6, 6.07) is 16.1. The molecule has 2 fully saturated rings. The largest absolute Gasteiger partial charge is 0.457 e. The molecule has 2 aliphatic rings. The Balaban J connectivity index is 1.39. The lowest BCUT2D eigenvalue weighted by atomic mass is 9.93. The minimum absolute atomic E-state index is 0.0325. The van der Waals surface area contributed by atoms with Crippen LogP contribution in [-0.2, 0) is 20.9 Å². The number of esters is 1. The number of piperazine rings is 1. The Labute approximate surface area is 174 Å². The molecular weight excluding hydrogens is 386 g/mol. The normalized spacial score (nSPS) is 22.0. The van der Waals surface area contributed by atoms with Gasteiger partial charge in [0, 0.05) is 44.9 Å². The van der Waals surface area contributed by atoms with Crippen molar-refractivity contribution in [3.05, 3.63) is 75.8 Å². The number of carbonyl (C=O) groups is 2. The van der Waals surface area contributed by atoms with E-state index in [0.29, 0.717) is 18.7 Å². The fraction of sp³-hybridized carbons (Fsp3) is 0.364.